The number of anilines is 1. The maximum Gasteiger partial charge on any atom is 0.273 e. The number of thiazole rings is 1. The highest BCUT2D eigenvalue weighted by atomic mass is 32.1. The van der Waals surface area contributed by atoms with Crippen LogP contribution in [-0.4, -0.2) is 56.9 Å². The fourth-order valence-electron chi connectivity index (χ4n) is 2.92. The number of fused-ring (bicyclic) bond motifs is 1. The third kappa shape index (κ3) is 2.65. The summed E-state index contributed by atoms with van der Waals surface area (Å²) in [5, 5.41) is 2.82. The summed E-state index contributed by atoms with van der Waals surface area (Å²) in [7, 11) is 0. The molecule has 3 aromatic heterocycles. The van der Waals surface area contributed by atoms with E-state index >= 15 is 0 Å². The number of hydrogen-bond acceptors (Lipinski definition) is 6. The molecule has 7 nitrogen and oxygen atoms in total. The number of nitrogens with one attached hydrogen (secondary N) is 1. The lowest BCUT2D eigenvalue weighted by Gasteiger charge is -2.22. The zero-order valence-electron chi connectivity index (χ0n) is 12.5. The number of amides is 1. The van der Waals surface area contributed by atoms with Gasteiger partial charge in [-0.1, -0.05) is 0 Å². The van der Waals surface area contributed by atoms with Crippen molar-refractivity contribution in [3.05, 3.63) is 35.2 Å². The van der Waals surface area contributed by atoms with Gasteiger partial charge in [0.2, 0.25) is 0 Å². The van der Waals surface area contributed by atoms with Crippen molar-refractivity contribution >= 4 is 34.1 Å². The van der Waals surface area contributed by atoms with E-state index in [1.54, 1.807) is 17.2 Å². The van der Waals surface area contributed by atoms with E-state index in [1.165, 1.54) is 11.3 Å². The maximum atomic E-state index is 12.4. The predicted octanol–water partition coefficient (Wildman–Crippen LogP) is 1.77. The van der Waals surface area contributed by atoms with Gasteiger partial charge in [-0.15, -0.1) is 11.3 Å². The van der Waals surface area contributed by atoms with Gasteiger partial charge in [0.05, 0.1) is 10.9 Å². The molecule has 1 fully saturated rings. The van der Waals surface area contributed by atoms with E-state index in [1.807, 2.05) is 17.2 Å². The number of rotatable bonds is 2. The Morgan fingerprint density at radius 3 is 3.00 bits per heavy atom. The van der Waals surface area contributed by atoms with E-state index in [0.717, 1.165) is 42.9 Å². The molecule has 4 heterocycles. The summed E-state index contributed by atoms with van der Waals surface area (Å²) in [6.07, 6.45) is 4.36. The highest BCUT2D eigenvalue weighted by Gasteiger charge is 2.23. The van der Waals surface area contributed by atoms with E-state index in [2.05, 4.69) is 24.8 Å². The molecule has 118 valence electrons. The van der Waals surface area contributed by atoms with Crippen LogP contribution in [0.3, 0.4) is 0 Å². The van der Waals surface area contributed by atoms with Gasteiger partial charge >= 0.3 is 0 Å². The highest BCUT2D eigenvalue weighted by Crippen LogP contribution is 2.23. The van der Waals surface area contributed by atoms with Gasteiger partial charge < -0.3 is 14.8 Å². The summed E-state index contributed by atoms with van der Waals surface area (Å²) < 4.78 is 0. The molecule has 1 saturated heterocycles. The Morgan fingerprint density at radius 2 is 2.13 bits per heavy atom. The third-order valence-electron chi connectivity index (χ3n) is 4.07. The lowest BCUT2D eigenvalue weighted by Crippen LogP contribution is -2.35. The lowest BCUT2D eigenvalue weighted by atomic mass is 10.3. The Labute approximate surface area is 137 Å². The third-order valence-corrected chi connectivity index (χ3v) is 4.65. The average Bonchev–Trinajstić information content (AvgIpc) is 3.21. The van der Waals surface area contributed by atoms with Gasteiger partial charge in [0, 0.05) is 37.8 Å². The van der Waals surface area contributed by atoms with Crippen LogP contribution in [0.5, 0.6) is 0 Å². The van der Waals surface area contributed by atoms with Crippen LogP contribution in [0.4, 0.5) is 5.82 Å². The molecule has 0 atom stereocenters. The van der Waals surface area contributed by atoms with Crippen molar-refractivity contribution in [1.82, 2.24) is 24.8 Å². The number of nitrogens with zero attached hydrogens (tertiary/aromatic N) is 5. The van der Waals surface area contributed by atoms with E-state index in [-0.39, 0.29) is 5.91 Å². The molecule has 0 bridgehead atoms. The number of aromatic nitrogens is 4. The largest absolute Gasteiger partial charge is 0.354 e. The van der Waals surface area contributed by atoms with Crippen molar-refractivity contribution < 1.29 is 4.79 Å². The first-order valence-electron chi connectivity index (χ1n) is 7.53. The topological polar surface area (TPSA) is 78.0 Å². The summed E-state index contributed by atoms with van der Waals surface area (Å²) in [5.74, 6) is 0.946. The van der Waals surface area contributed by atoms with Crippen LogP contribution in [0, 0.1) is 0 Å². The van der Waals surface area contributed by atoms with Crippen LogP contribution >= 0.6 is 11.3 Å². The first kappa shape index (κ1) is 14.1. The Balaban J connectivity index is 1.53. The van der Waals surface area contributed by atoms with E-state index in [9.17, 15) is 4.79 Å². The molecule has 0 aliphatic carbocycles. The van der Waals surface area contributed by atoms with Gasteiger partial charge in [0.15, 0.2) is 0 Å². The van der Waals surface area contributed by atoms with E-state index in [0.29, 0.717) is 12.2 Å². The molecular weight excluding hydrogens is 312 g/mol. The van der Waals surface area contributed by atoms with Crippen molar-refractivity contribution in [3.8, 4) is 0 Å². The number of aromatic amines is 1. The molecule has 0 spiro atoms. The van der Waals surface area contributed by atoms with Crippen molar-refractivity contribution in [2.24, 2.45) is 0 Å². The Kier molecular flexibility index (Phi) is 3.66. The minimum Gasteiger partial charge on any atom is -0.354 e. The van der Waals surface area contributed by atoms with Crippen molar-refractivity contribution in [3.63, 3.8) is 0 Å². The SMILES string of the molecule is O=C(c1cscn1)N1CCCN(c2ncnc3[nH]ccc23)CC1. The minimum absolute atomic E-state index is 0.0163. The first-order chi connectivity index (χ1) is 11.3. The molecular formula is C15H16N6OS. The predicted molar refractivity (Wildman–Crippen MR) is 88.7 cm³/mol. The average molecular weight is 328 g/mol. The molecule has 1 amide bonds. The number of carbonyl (C=O) groups is 1. The van der Waals surface area contributed by atoms with Crippen LogP contribution in [-0.2, 0) is 0 Å². The van der Waals surface area contributed by atoms with Gasteiger partial charge in [0.25, 0.3) is 5.91 Å². The van der Waals surface area contributed by atoms with E-state index < -0.39 is 0 Å². The Morgan fingerprint density at radius 1 is 1.17 bits per heavy atom. The fourth-order valence-corrected chi connectivity index (χ4v) is 3.45. The minimum atomic E-state index is 0.0163. The van der Waals surface area contributed by atoms with Crippen LogP contribution in [0.25, 0.3) is 11.0 Å². The normalized spacial score (nSPS) is 15.8. The van der Waals surface area contributed by atoms with Crippen LogP contribution < -0.4 is 4.90 Å². The van der Waals surface area contributed by atoms with E-state index in [4.69, 9.17) is 0 Å². The molecule has 0 radical (unpaired) electrons. The summed E-state index contributed by atoms with van der Waals surface area (Å²) in [4.78, 5) is 32.5. The van der Waals surface area contributed by atoms with Crippen LogP contribution in [0.1, 0.15) is 16.9 Å². The molecule has 1 N–H and O–H groups in total. The van der Waals surface area contributed by atoms with Crippen molar-refractivity contribution in [2.45, 2.75) is 6.42 Å². The summed E-state index contributed by atoms with van der Waals surface area (Å²) >= 11 is 1.45. The molecule has 4 rings (SSSR count). The maximum absolute atomic E-state index is 12.4. The quantitative estimate of drug-likeness (QED) is 0.776. The first-order valence-corrected chi connectivity index (χ1v) is 8.48. The monoisotopic (exact) mass is 328 g/mol. The smallest absolute Gasteiger partial charge is 0.273 e. The molecule has 1 aliphatic heterocycles. The van der Waals surface area contributed by atoms with Gasteiger partial charge in [-0.3, -0.25) is 4.79 Å². The van der Waals surface area contributed by atoms with Gasteiger partial charge in [0.1, 0.15) is 23.5 Å². The lowest BCUT2D eigenvalue weighted by molar-refractivity contribution is 0.0762. The van der Waals surface area contributed by atoms with Crippen molar-refractivity contribution in [2.75, 3.05) is 31.1 Å². The standard InChI is InChI=1S/C15H16N6OS/c22-15(12-8-23-10-19-12)21-5-1-4-20(6-7-21)14-11-2-3-16-13(11)17-9-18-14/h2-3,8-10H,1,4-7H2,(H,16,17,18). The van der Waals surface area contributed by atoms with Crippen LogP contribution in [0.2, 0.25) is 0 Å². The fraction of sp³-hybridized carbons (Fsp3) is 0.333. The zero-order chi connectivity index (χ0) is 15.6. The number of H-pyrrole nitrogens is 1. The summed E-state index contributed by atoms with van der Waals surface area (Å²) in [5.41, 5.74) is 3.08. The molecule has 8 heteroatoms. The summed E-state index contributed by atoms with van der Waals surface area (Å²) in [6, 6.07) is 1.99. The number of carbonyl (C=O) groups excluding carboxylic acids is 1. The van der Waals surface area contributed by atoms with Crippen LogP contribution in [0.15, 0.2) is 29.5 Å². The van der Waals surface area contributed by atoms with Gasteiger partial charge in [-0.25, -0.2) is 15.0 Å². The second-order valence-corrected chi connectivity index (χ2v) is 6.16. The second-order valence-electron chi connectivity index (χ2n) is 5.44. The molecule has 0 aromatic carbocycles. The van der Waals surface area contributed by atoms with Gasteiger partial charge in [-0.05, 0) is 12.5 Å². The highest BCUT2D eigenvalue weighted by molar-refractivity contribution is 7.07. The molecule has 1 aliphatic rings. The number of hydrogen-bond donors (Lipinski definition) is 1. The molecule has 3 aromatic rings. The zero-order valence-corrected chi connectivity index (χ0v) is 13.3. The molecule has 0 saturated carbocycles. The molecule has 23 heavy (non-hydrogen) atoms. The van der Waals surface area contributed by atoms with Gasteiger partial charge in [-0.2, -0.15) is 0 Å². The second kappa shape index (κ2) is 5.96. The van der Waals surface area contributed by atoms with Crippen molar-refractivity contribution in [1.29, 1.82) is 0 Å². The Hall–Kier alpha value is -2.48. The Bertz CT molecular complexity index is 814. The summed E-state index contributed by atoms with van der Waals surface area (Å²) in [6.45, 7) is 3.05. The molecule has 0 unspecified atom stereocenters.